The minimum absolute atomic E-state index is 0.0729. The Morgan fingerprint density at radius 1 is 1.69 bits per heavy atom. The Kier molecular flexibility index (Phi) is 3.21. The van der Waals surface area contributed by atoms with Gasteiger partial charge in [-0.25, -0.2) is 0 Å². The third-order valence-electron chi connectivity index (χ3n) is 2.00. The van der Waals surface area contributed by atoms with Crippen molar-refractivity contribution < 1.29 is 0 Å². The molecule has 0 aliphatic heterocycles. The van der Waals surface area contributed by atoms with Gasteiger partial charge in [-0.3, -0.25) is 0 Å². The summed E-state index contributed by atoms with van der Waals surface area (Å²) in [7, 11) is 0. The lowest BCUT2D eigenvalue weighted by atomic mass is 9.96. The molecule has 0 fully saturated rings. The average molecular weight is 192 g/mol. The fraction of sp³-hybridized carbons (Fsp3) is 0.400. The lowest BCUT2D eigenvalue weighted by Gasteiger charge is -2.05. The molecule has 0 aromatic carbocycles. The van der Waals surface area contributed by atoms with Crippen LogP contribution < -0.4 is 0 Å². The van der Waals surface area contributed by atoms with Crippen molar-refractivity contribution in [1.82, 2.24) is 4.37 Å². The minimum atomic E-state index is -0.0729. The molecule has 1 rings (SSSR count). The first-order chi connectivity index (χ1) is 6.20. The average Bonchev–Trinajstić information content (AvgIpc) is 2.43. The molecule has 1 heterocycles. The van der Waals surface area contributed by atoms with Crippen LogP contribution in [0.25, 0.3) is 0 Å². The van der Waals surface area contributed by atoms with E-state index in [-0.39, 0.29) is 5.92 Å². The first kappa shape index (κ1) is 9.94. The molecule has 1 aromatic rings. The Hall–Kier alpha value is -1.14. The van der Waals surface area contributed by atoms with Gasteiger partial charge in [0.25, 0.3) is 0 Å². The quantitative estimate of drug-likeness (QED) is 0.690. The molecule has 0 saturated carbocycles. The highest BCUT2D eigenvalue weighted by Crippen LogP contribution is 2.28. The Morgan fingerprint density at radius 3 is 2.77 bits per heavy atom. The van der Waals surface area contributed by atoms with Gasteiger partial charge in [-0.15, -0.1) is 6.58 Å². The molecule has 13 heavy (non-hydrogen) atoms. The number of aryl methyl sites for hydroxylation is 2. The second-order valence-electron chi connectivity index (χ2n) is 2.94. The van der Waals surface area contributed by atoms with Crippen molar-refractivity contribution in [2.24, 2.45) is 0 Å². The molecule has 0 bridgehead atoms. The summed E-state index contributed by atoms with van der Waals surface area (Å²) in [6, 6.07) is 2.28. The van der Waals surface area contributed by atoms with E-state index in [1.165, 1.54) is 11.5 Å². The van der Waals surface area contributed by atoms with Gasteiger partial charge >= 0.3 is 0 Å². The molecule has 1 aromatic heterocycles. The molecule has 68 valence electrons. The molecular formula is C10H12N2S. The summed E-state index contributed by atoms with van der Waals surface area (Å²) in [6.45, 7) is 7.61. The van der Waals surface area contributed by atoms with Crippen LogP contribution in [0.4, 0.5) is 0 Å². The van der Waals surface area contributed by atoms with Gasteiger partial charge < -0.3 is 0 Å². The fourth-order valence-electron chi connectivity index (χ4n) is 1.39. The SMILES string of the molecule is C=CCC(C#N)c1c(C)nsc1C. The van der Waals surface area contributed by atoms with E-state index in [0.717, 1.165) is 16.1 Å². The van der Waals surface area contributed by atoms with Crippen molar-refractivity contribution in [3.8, 4) is 6.07 Å². The molecule has 0 spiro atoms. The van der Waals surface area contributed by atoms with E-state index in [2.05, 4.69) is 17.0 Å². The summed E-state index contributed by atoms with van der Waals surface area (Å²) < 4.78 is 4.22. The highest BCUT2D eigenvalue weighted by molar-refractivity contribution is 7.05. The van der Waals surface area contributed by atoms with Crippen molar-refractivity contribution in [3.63, 3.8) is 0 Å². The van der Waals surface area contributed by atoms with Gasteiger partial charge in [0.2, 0.25) is 0 Å². The largest absolute Gasteiger partial charge is 0.198 e. The lowest BCUT2D eigenvalue weighted by molar-refractivity contribution is 0.863. The topological polar surface area (TPSA) is 36.7 Å². The van der Waals surface area contributed by atoms with E-state index in [1.807, 2.05) is 13.8 Å². The molecule has 1 atom stereocenters. The minimum Gasteiger partial charge on any atom is -0.198 e. The van der Waals surface area contributed by atoms with Gasteiger partial charge in [-0.05, 0) is 31.8 Å². The summed E-state index contributed by atoms with van der Waals surface area (Å²) in [5.74, 6) is -0.0729. The molecule has 0 N–H and O–H groups in total. The number of allylic oxidation sites excluding steroid dienone is 1. The summed E-state index contributed by atoms with van der Waals surface area (Å²) >= 11 is 1.47. The Bertz CT molecular complexity index is 327. The van der Waals surface area contributed by atoms with Crippen LogP contribution in [0.3, 0.4) is 0 Å². The van der Waals surface area contributed by atoms with Crippen molar-refractivity contribution in [2.75, 3.05) is 0 Å². The molecule has 1 unspecified atom stereocenters. The first-order valence-corrected chi connectivity index (χ1v) is 4.91. The van der Waals surface area contributed by atoms with Crippen LogP contribution in [0.1, 0.15) is 28.5 Å². The number of nitriles is 1. The molecule has 0 amide bonds. The van der Waals surface area contributed by atoms with Gasteiger partial charge in [0.05, 0.1) is 17.7 Å². The van der Waals surface area contributed by atoms with E-state index >= 15 is 0 Å². The first-order valence-electron chi connectivity index (χ1n) is 4.14. The van der Waals surface area contributed by atoms with Crippen LogP contribution in [-0.4, -0.2) is 4.37 Å². The third-order valence-corrected chi connectivity index (χ3v) is 2.85. The van der Waals surface area contributed by atoms with Gasteiger partial charge in [-0.2, -0.15) is 9.64 Å². The maximum absolute atomic E-state index is 8.96. The van der Waals surface area contributed by atoms with Crippen molar-refractivity contribution in [2.45, 2.75) is 26.2 Å². The molecule has 3 heteroatoms. The smallest absolute Gasteiger partial charge is 0.0776 e. The van der Waals surface area contributed by atoms with E-state index in [0.29, 0.717) is 6.42 Å². The zero-order valence-electron chi connectivity index (χ0n) is 7.87. The molecule has 0 saturated heterocycles. The van der Waals surface area contributed by atoms with E-state index in [4.69, 9.17) is 5.26 Å². The second-order valence-corrected chi connectivity index (χ2v) is 3.92. The van der Waals surface area contributed by atoms with Crippen LogP contribution in [0.2, 0.25) is 0 Å². The maximum atomic E-state index is 8.96. The van der Waals surface area contributed by atoms with Crippen LogP contribution in [-0.2, 0) is 0 Å². The van der Waals surface area contributed by atoms with E-state index < -0.39 is 0 Å². The molecule has 0 aliphatic rings. The van der Waals surface area contributed by atoms with Crippen molar-refractivity contribution in [3.05, 3.63) is 28.8 Å². The normalized spacial score (nSPS) is 12.1. The predicted octanol–water partition coefficient (Wildman–Crippen LogP) is 2.94. The van der Waals surface area contributed by atoms with Crippen molar-refractivity contribution in [1.29, 1.82) is 5.26 Å². The number of rotatable bonds is 3. The van der Waals surface area contributed by atoms with Crippen LogP contribution in [0.15, 0.2) is 12.7 Å². The highest BCUT2D eigenvalue weighted by atomic mass is 32.1. The van der Waals surface area contributed by atoms with Crippen molar-refractivity contribution >= 4 is 11.5 Å². The number of nitrogens with zero attached hydrogens (tertiary/aromatic N) is 2. The molecule has 0 aliphatic carbocycles. The Morgan fingerprint density at radius 2 is 2.38 bits per heavy atom. The predicted molar refractivity (Wildman–Crippen MR) is 54.8 cm³/mol. The second kappa shape index (κ2) is 4.20. The summed E-state index contributed by atoms with van der Waals surface area (Å²) in [6.07, 6.45) is 2.49. The van der Waals surface area contributed by atoms with Gasteiger partial charge in [0.1, 0.15) is 0 Å². The molecule has 2 nitrogen and oxygen atoms in total. The maximum Gasteiger partial charge on any atom is 0.0776 e. The zero-order chi connectivity index (χ0) is 9.84. The highest BCUT2D eigenvalue weighted by Gasteiger charge is 2.16. The van der Waals surface area contributed by atoms with Crippen LogP contribution in [0, 0.1) is 25.2 Å². The third kappa shape index (κ3) is 1.96. The van der Waals surface area contributed by atoms with Gasteiger partial charge in [0.15, 0.2) is 0 Å². The number of hydrogen-bond acceptors (Lipinski definition) is 3. The van der Waals surface area contributed by atoms with Gasteiger partial charge in [0, 0.05) is 10.4 Å². The van der Waals surface area contributed by atoms with E-state index in [9.17, 15) is 0 Å². The number of hydrogen-bond donors (Lipinski definition) is 0. The summed E-state index contributed by atoms with van der Waals surface area (Å²) in [5, 5.41) is 8.96. The summed E-state index contributed by atoms with van der Waals surface area (Å²) in [4.78, 5) is 1.14. The van der Waals surface area contributed by atoms with E-state index in [1.54, 1.807) is 6.08 Å². The fourth-order valence-corrected chi connectivity index (χ4v) is 2.15. The monoisotopic (exact) mass is 192 g/mol. The summed E-state index contributed by atoms with van der Waals surface area (Å²) in [5.41, 5.74) is 2.07. The van der Waals surface area contributed by atoms with Gasteiger partial charge in [-0.1, -0.05) is 6.08 Å². The van der Waals surface area contributed by atoms with Crippen LogP contribution in [0.5, 0.6) is 0 Å². The Balaban J connectivity index is 3.04. The molecular weight excluding hydrogens is 180 g/mol. The number of aromatic nitrogens is 1. The van der Waals surface area contributed by atoms with Crippen LogP contribution >= 0.6 is 11.5 Å². The zero-order valence-corrected chi connectivity index (χ0v) is 8.69. The molecule has 0 radical (unpaired) electrons. The lowest BCUT2D eigenvalue weighted by Crippen LogP contribution is -1.96. The standard InChI is InChI=1S/C10H12N2S/c1-4-5-9(6-11)10-7(2)12-13-8(10)3/h4,9H,1,5H2,2-3H3. The Labute approximate surface area is 82.7 Å².